The number of nitrogen functional groups attached to an aromatic ring is 1. The van der Waals surface area contributed by atoms with E-state index in [4.69, 9.17) is 5.84 Å². The van der Waals surface area contributed by atoms with Gasteiger partial charge in [-0.2, -0.15) is 0 Å². The van der Waals surface area contributed by atoms with E-state index in [2.05, 4.69) is 17.1 Å². The van der Waals surface area contributed by atoms with Crippen molar-refractivity contribution in [2.24, 2.45) is 0 Å². The zero-order valence-electron chi connectivity index (χ0n) is 9.25. The molecule has 17 heavy (non-hydrogen) atoms. The highest BCUT2D eigenvalue weighted by atomic mass is 15.3. The fourth-order valence-corrected chi connectivity index (χ4v) is 1.98. The standard InChI is InChI=1S/C14H12N3/c15-17-10-16-14(11-6-2-1-3-7-11)12-8-4-5-9-13(12)17/h1-10H,15H2/q+1. The van der Waals surface area contributed by atoms with E-state index in [0.29, 0.717) is 0 Å². The van der Waals surface area contributed by atoms with Gasteiger partial charge in [-0.25, -0.2) is 0 Å². The van der Waals surface area contributed by atoms with Crippen molar-refractivity contribution in [2.45, 2.75) is 0 Å². The van der Waals surface area contributed by atoms with Gasteiger partial charge in [-0.05, 0) is 17.1 Å². The SMILES string of the molecule is N[n+]1cnc(-c2ccccc2)c2ccccc21. The zero-order chi connectivity index (χ0) is 11.7. The van der Waals surface area contributed by atoms with Gasteiger partial charge >= 0.3 is 6.33 Å². The molecule has 0 radical (unpaired) electrons. The fourth-order valence-electron chi connectivity index (χ4n) is 1.98. The van der Waals surface area contributed by atoms with Crippen LogP contribution in [-0.4, -0.2) is 4.98 Å². The molecule has 0 saturated heterocycles. The molecular weight excluding hydrogens is 210 g/mol. The molecule has 0 fully saturated rings. The van der Waals surface area contributed by atoms with E-state index in [1.54, 1.807) is 11.0 Å². The van der Waals surface area contributed by atoms with Crippen LogP contribution in [0.4, 0.5) is 0 Å². The van der Waals surface area contributed by atoms with E-state index >= 15 is 0 Å². The van der Waals surface area contributed by atoms with Gasteiger partial charge in [0.15, 0.2) is 11.2 Å². The second-order valence-corrected chi connectivity index (χ2v) is 3.88. The maximum atomic E-state index is 5.86. The molecule has 0 aliphatic rings. The molecule has 1 heterocycles. The average molecular weight is 222 g/mol. The molecule has 3 heteroatoms. The van der Waals surface area contributed by atoms with Gasteiger partial charge in [-0.1, -0.05) is 42.5 Å². The van der Waals surface area contributed by atoms with Gasteiger partial charge in [0.2, 0.25) is 0 Å². The van der Waals surface area contributed by atoms with Crippen molar-refractivity contribution in [1.29, 1.82) is 0 Å². The van der Waals surface area contributed by atoms with Gasteiger partial charge in [0.05, 0.1) is 5.39 Å². The van der Waals surface area contributed by atoms with Crippen LogP contribution in [0.3, 0.4) is 0 Å². The summed E-state index contributed by atoms with van der Waals surface area (Å²) in [5.74, 6) is 5.86. The molecule has 1 aromatic heterocycles. The molecule has 0 aliphatic heterocycles. The van der Waals surface area contributed by atoms with Gasteiger partial charge in [-0.15, -0.1) is 4.68 Å². The molecule has 0 unspecified atom stereocenters. The Kier molecular flexibility index (Phi) is 2.22. The molecule has 0 spiro atoms. The molecule has 0 bridgehead atoms. The molecule has 0 amide bonds. The van der Waals surface area contributed by atoms with Gasteiger partial charge < -0.3 is 0 Å². The summed E-state index contributed by atoms with van der Waals surface area (Å²) in [7, 11) is 0. The maximum absolute atomic E-state index is 5.86. The van der Waals surface area contributed by atoms with Crippen LogP contribution in [0, 0.1) is 0 Å². The van der Waals surface area contributed by atoms with Crippen LogP contribution in [0.25, 0.3) is 22.2 Å². The Balaban J connectivity index is 2.35. The Morgan fingerprint density at radius 1 is 0.882 bits per heavy atom. The third-order valence-corrected chi connectivity index (χ3v) is 2.80. The van der Waals surface area contributed by atoms with E-state index in [9.17, 15) is 0 Å². The number of benzene rings is 2. The quantitative estimate of drug-likeness (QED) is 0.505. The summed E-state index contributed by atoms with van der Waals surface area (Å²) in [5.41, 5.74) is 3.04. The molecule has 82 valence electrons. The molecule has 0 atom stereocenters. The lowest BCUT2D eigenvalue weighted by Gasteiger charge is -2.01. The number of hydrogen-bond acceptors (Lipinski definition) is 2. The summed E-state index contributed by atoms with van der Waals surface area (Å²) in [6.07, 6.45) is 1.64. The van der Waals surface area contributed by atoms with Crippen LogP contribution >= 0.6 is 0 Å². The first-order chi connectivity index (χ1) is 8.36. The summed E-state index contributed by atoms with van der Waals surface area (Å²) in [5, 5.41) is 1.06. The number of para-hydroxylation sites is 1. The largest absolute Gasteiger partial charge is 0.310 e. The van der Waals surface area contributed by atoms with Gasteiger partial charge in [0, 0.05) is 5.56 Å². The molecule has 3 nitrogen and oxygen atoms in total. The third-order valence-electron chi connectivity index (χ3n) is 2.80. The highest BCUT2D eigenvalue weighted by Crippen LogP contribution is 2.23. The zero-order valence-corrected chi connectivity index (χ0v) is 9.25. The van der Waals surface area contributed by atoms with Crippen molar-refractivity contribution in [3.05, 3.63) is 60.9 Å². The van der Waals surface area contributed by atoms with E-state index < -0.39 is 0 Å². The Labute approximate surface area is 99.1 Å². The fraction of sp³-hybridized carbons (Fsp3) is 0. The maximum Gasteiger partial charge on any atom is 0.310 e. The smallest absolute Gasteiger partial charge is 0.269 e. The summed E-state index contributed by atoms with van der Waals surface area (Å²) >= 11 is 0. The summed E-state index contributed by atoms with van der Waals surface area (Å²) in [6, 6.07) is 18.1. The first kappa shape index (κ1) is 9.78. The van der Waals surface area contributed by atoms with Crippen molar-refractivity contribution >= 4 is 10.9 Å². The topological polar surface area (TPSA) is 42.8 Å². The summed E-state index contributed by atoms with van der Waals surface area (Å²) in [6.45, 7) is 0. The van der Waals surface area contributed by atoms with Crippen molar-refractivity contribution in [3.63, 3.8) is 0 Å². The second-order valence-electron chi connectivity index (χ2n) is 3.88. The second kappa shape index (κ2) is 3.87. The number of hydrogen-bond donors (Lipinski definition) is 1. The lowest BCUT2D eigenvalue weighted by molar-refractivity contribution is -0.614. The van der Waals surface area contributed by atoms with E-state index in [1.165, 1.54) is 0 Å². The summed E-state index contributed by atoms with van der Waals surface area (Å²) in [4.78, 5) is 4.41. The Bertz CT molecular complexity index is 663. The molecular formula is C14H12N3+. The van der Waals surface area contributed by atoms with Gasteiger partial charge in [-0.3, -0.25) is 5.84 Å². The third kappa shape index (κ3) is 1.61. The van der Waals surface area contributed by atoms with Crippen molar-refractivity contribution in [1.82, 2.24) is 4.98 Å². The number of nitrogens with two attached hydrogens (primary N) is 1. The molecule has 2 aromatic carbocycles. The van der Waals surface area contributed by atoms with Crippen molar-refractivity contribution in [2.75, 3.05) is 5.84 Å². The number of aromatic nitrogens is 2. The average Bonchev–Trinajstić information content (AvgIpc) is 2.41. The monoisotopic (exact) mass is 222 g/mol. The minimum atomic E-state index is 0.961. The van der Waals surface area contributed by atoms with Crippen molar-refractivity contribution in [3.8, 4) is 11.3 Å². The molecule has 0 aliphatic carbocycles. The highest BCUT2D eigenvalue weighted by Gasteiger charge is 2.13. The first-order valence-corrected chi connectivity index (χ1v) is 5.46. The van der Waals surface area contributed by atoms with Crippen LogP contribution in [0.5, 0.6) is 0 Å². The first-order valence-electron chi connectivity index (χ1n) is 5.46. The Hall–Kier alpha value is -2.42. The Morgan fingerprint density at radius 3 is 2.41 bits per heavy atom. The molecule has 2 N–H and O–H groups in total. The van der Waals surface area contributed by atoms with Gasteiger partial charge in [0.1, 0.15) is 0 Å². The highest BCUT2D eigenvalue weighted by molar-refractivity contribution is 5.90. The predicted octanol–water partition coefficient (Wildman–Crippen LogP) is 1.90. The van der Waals surface area contributed by atoms with E-state index in [0.717, 1.165) is 22.2 Å². The van der Waals surface area contributed by atoms with Gasteiger partial charge in [0.25, 0.3) is 0 Å². The normalized spacial score (nSPS) is 10.6. The lowest BCUT2D eigenvalue weighted by atomic mass is 10.1. The van der Waals surface area contributed by atoms with E-state index in [-0.39, 0.29) is 0 Å². The minimum absolute atomic E-state index is 0.961. The van der Waals surface area contributed by atoms with Crippen LogP contribution < -0.4 is 10.5 Å². The molecule has 3 aromatic rings. The van der Waals surface area contributed by atoms with Crippen LogP contribution in [0.15, 0.2) is 60.9 Å². The van der Waals surface area contributed by atoms with E-state index in [1.807, 2.05) is 42.5 Å². The van der Waals surface area contributed by atoms with Crippen molar-refractivity contribution < 1.29 is 4.68 Å². The Morgan fingerprint density at radius 2 is 1.59 bits per heavy atom. The van der Waals surface area contributed by atoms with Crippen LogP contribution in [0.2, 0.25) is 0 Å². The molecule has 3 rings (SSSR count). The van der Waals surface area contributed by atoms with Crippen LogP contribution in [0.1, 0.15) is 0 Å². The number of nitrogens with zero attached hydrogens (tertiary/aromatic N) is 2. The number of fused-ring (bicyclic) bond motifs is 1. The van der Waals surface area contributed by atoms with Crippen LogP contribution in [-0.2, 0) is 0 Å². The number of rotatable bonds is 1. The molecule has 0 saturated carbocycles. The lowest BCUT2D eigenvalue weighted by Crippen LogP contribution is -2.45. The summed E-state index contributed by atoms with van der Waals surface area (Å²) < 4.78 is 1.54. The predicted molar refractivity (Wildman–Crippen MR) is 67.5 cm³/mol. The minimum Gasteiger partial charge on any atom is -0.269 e.